The third kappa shape index (κ3) is 3.42. The molecule has 0 aromatic heterocycles. The van der Waals surface area contributed by atoms with Gasteiger partial charge in [0.05, 0.1) is 20.6 Å². The molecular weight excluding hydrogens is 374 g/mol. The van der Waals surface area contributed by atoms with E-state index in [1.54, 1.807) is 18.2 Å². The van der Waals surface area contributed by atoms with E-state index in [2.05, 4.69) is 15.9 Å². The Balaban J connectivity index is 2.44. The number of hydrogen-bond donors (Lipinski definition) is 0. The lowest BCUT2D eigenvalue weighted by molar-refractivity contribution is 0.112. The van der Waals surface area contributed by atoms with Gasteiger partial charge >= 0.3 is 0 Å². The van der Waals surface area contributed by atoms with Crippen LogP contribution in [-0.2, 0) is 0 Å². The number of benzene rings is 2. The number of hydrogen-bond acceptors (Lipinski definition) is 2. The Morgan fingerprint density at radius 3 is 2.32 bits per heavy atom. The van der Waals surface area contributed by atoms with Crippen LogP contribution in [0, 0.1) is 0 Å². The summed E-state index contributed by atoms with van der Waals surface area (Å²) in [4.78, 5) is 11.0. The maximum Gasteiger partial charge on any atom is 0.153 e. The summed E-state index contributed by atoms with van der Waals surface area (Å²) in [6.45, 7) is 0. The number of aldehydes is 1. The van der Waals surface area contributed by atoms with Crippen molar-refractivity contribution in [3.63, 3.8) is 0 Å². The molecule has 2 nitrogen and oxygen atoms in total. The fraction of sp³-hybridized carbons (Fsp3) is 0. The van der Waals surface area contributed by atoms with E-state index < -0.39 is 0 Å². The van der Waals surface area contributed by atoms with E-state index in [4.69, 9.17) is 39.5 Å². The van der Waals surface area contributed by atoms with Crippen molar-refractivity contribution < 1.29 is 9.53 Å². The summed E-state index contributed by atoms with van der Waals surface area (Å²) in [5.41, 5.74) is 0.408. The second-order valence-corrected chi connectivity index (χ2v) is 5.74. The first-order valence-corrected chi connectivity index (χ1v) is 7.01. The van der Waals surface area contributed by atoms with E-state index in [0.717, 1.165) is 4.47 Å². The van der Waals surface area contributed by atoms with Crippen molar-refractivity contribution in [1.29, 1.82) is 0 Å². The summed E-state index contributed by atoms with van der Waals surface area (Å²) in [6.07, 6.45) is 0.702. The van der Waals surface area contributed by atoms with Crippen molar-refractivity contribution in [3.8, 4) is 11.5 Å². The zero-order valence-corrected chi connectivity index (χ0v) is 13.1. The number of carbonyl (C=O) groups excluding carboxylic acids is 1. The van der Waals surface area contributed by atoms with Crippen molar-refractivity contribution in [2.75, 3.05) is 0 Å². The summed E-state index contributed by atoms with van der Waals surface area (Å²) in [5, 5.41) is 0.971. The van der Waals surface area contributed by atoms with Crippen LogP contribution in [0.3, 0.4) is 0 Å². The summed E-state index contributed by atoms with van der Waals surface area (Å²) in [6, 6.07) is 8.04. The van der Waals surface area contributed by atoms with Crippen molar-refractivity contribution >= 4 is 57.0 Å². The summed E-state index contributed by atoms with van der Waals surface area (Å²) in [5.74, 6) is 0.710. The molecule has 0 aliphatic carbocycles. The highest BCUT2D eigenvalue weighted by atomic mass is 79.9. The largest absolute Gasteiger partial charge is 0.455 e. The number of ether oxygens (including phenoxy) is 1. The first kappa shape index (κ1) is 14.7. The molecule has 0 bridgehead atoms. The molecule has 2 rings (SSSR count). The Hall–Kier alpha value is -0.740. The molecule has 2 aromatic rings. The van der Waals surface area contributed by atoms with Crippen LogP contribution in [0.2, 0.25) is 15.1 Å². The fourth-order valence-electron chi connectivity index (χ4n) is 1.39. The highest BCUT2D eigenvalue weighted by Gasteiger charge is 2.11. The van der Waals surface area contributed by atoms with E-state index >= 15 is 0 Å². The molecule has 6 heteroatoms. The monoisotopic (exact) mass is 378 g/mol. The topological polar surface area (TPSA) is 26.3 Å². The highest BCUT2D eigenvalue weighted by Crippen LogP contribution is 2.37. The molecule has 0 unspecified atom stereocenters. The van der Waals surface area contributed by atoms with Crippen molar-refractivity contribution in [2.24, 2.45) is 0 Å². The van der Waals surface area contributed by atoms with Crippen LogP contribution in [0.4, 0.5) is 0 Å². The minimum absolute atomic E-state index is 0.311. The van der Waals surface area contributed by atoms with Crippen LogP contribution in [0.25, 0.3) is 0 Å². The summed E-state index contributed by atoms with van der Waals surface area (Å²) in [7, 11) is 0. The van der Waals surface area contributed by atoms with Crippen LogP contribution in [-0.4, -0.2) is 6.29 Å². The van der Waals surface area contributed by atoms with E-state index in [-0.39, 0.29) is 0 Å². The van der Waals surface area contributed by atoms with Crippen LogP contribution in [0.5, 0.6) is 11.5 Å². The van der Waals surface area contributed by atoms with E-state index in [0.29, 0.717) is 38.4 Å². The smallest absolute Gasteiger partial charge is 0.153 e. The Kier molecular flexibility index (Phi) is 4.74. The fourth-order valence-corrected chi connectivity index (χ4v) is 2.31. The Labute approximate surface area is 133 Å². The molecule has 0 amide bonds. The zero-order valence-electron chi connectivity index (χ0n) is 9.29. The predicted octanol–water partition coefficient (Wildman–Crippen LogP) is 6.01. The minimum atomic E-state index is 0.311. The normalized spacial score (nSPS) is 10.3. The molecule has 0 heterocycles. The zero-order chi connectivity index (χ0) is 14.0. The van der Waals surface area contributed by atoms with E-state index in [1.165, 1.54) is 12.1 Å². The molecular formula is C13H6BrCl3O2. The SMILES string of the molecule is O=Cc1ccc(Br)cc1Oc1cc(Cl)c(Cl)cc1Cl. The molecule has 0 radical (unpaired) electrons. The number of carbonyl (C=O) groups is 1. The Morgan fingerprint density at radius 2 is 1.63 bits per heavy atom. The lowest BCUT2D eigenvalue weighted by Gasteiger charge is -2.11. The lowest BCUT2D eigenvalue weighted by Crippen LogP contribution is -1.91. The molecule has 2 aromatic carbocycles. The Morgan fingerprint density at radius 1 is 0.947 bits per heavy atom. The highest BCUT2D eigenvalue weighted by molar-refractivity contribution is 9.10. The van der Waals surface area contributed by atoms with Gasteiger partial charge in [0.2, 0.25) is 0 Å². The molecule has 98 valence electrons. The predicted molar refractivity (Wildman–Crippen MR) is 81.1 cm³/mol. The van der Waals surface area contributed by atoms with Gasteiger partial charge in [0.25, 0.3) is 0 Å². The van der Waals surface area contributed by atoms with Crippen LogP contribution < -0.4 is 4.74 Å². The number of rotatable bonds is 3. The van der Waals surface area contributed by atoms with Crippen molar-refractivity contribution in [2.45, 2.75) is 0 Å². The van der Waals surface area contributed by atoms with Gasteiger partial charge in [-0.1, -0.05) is 50.7 Å². The van der Waals surface area contributed by atoms with E-state index in [1.807, 2.05) is 0 Å². The molecule has 0 aliphatic rings. The molecule has 0 spiro atoms. The van der Waals surface area contributed by atoms with Gasteiger partial charge in [-0.05, 0) is 24.3 Å². The van der Waals surface area contributed by atoms with Gasteiger partial charge in [0, 0.05) is 10.5 Å². The van der Waals surface area contributed by atoms with Crippen molar-refractivity contribution in [3.05, 3.63) is 55.4 Å². The van der Waals surface area contributed by atoms with Crippen LogP contribution in [0.15, 0.2) is 34.8 Å². The average Bonchev–Trinajstić information content (AvgIpc) is 2.36. The maximum atomic E-state index is 11.0. The second kappa shape index (κ2) is 6.14. The Bertz CT molecular complexity index is 644. The second-order valence-electron chi connectivity index (χ2n) is 3.60. The van der Waals surface area contributed by atoms with Gasteiger partial charge in [-0.2, -0.15) is 0 Å². The van der Waals surface area contributed by atoms with Gasteiger partial charge in [-0.25, -0.2) is 0 Å². The molecule has 0 N–H and O–H groups in total. The molecule has 19 heavy (non-hydrogen) atoms. The average molecular weight is 380 g/mol. The van der Waals surface area contributed by atoms with Crippen molar-refractivity contribution in [1.82, 2.24) is 0 Å². The van der Waals surface area contributed by atoms with Gasteiger partial charge < -0.3 is 4.74 Å². The van der Waals surface area contributed by atoms with Crippen LogP contribution >= 0.6 is 50.7 Å². The first-order chi connectivity index (χ1) is 9.01. The van der Waals surface area contributed by atoms with E-state index in [9.17, 15) is 4.79 Å². The molecule has 0 saturated heterocycles. The standard InChI is InChI=1S/C13H6BrCl3O2/c14-8-2-1-7(6-18)12(3-8)19-13-5-10(16)9(15)4-11(13)17/h1-6H. The molecule has 0 aliphatic heterocycles. The lowest BCUT2D eigenvalue weighted by atomic mass is 10.2. The summed E-state index contributed by atoms with van der Waals surface area (Å²) >= 11 is 21.1. The van der Waals surface area contributed by atoms with Gasteiger partial charge in [-0.3, -0.25) is 4.79 Å². The molecule has 0 fully saturated rings. The molecule has 0 saturated carbocycles. The van der Waals surface area contributed by atoms with Gasteiger partial charge in [-0.15, -0.1) is 0 Å². The first-order valence-electron chi connectivity index (χ1n) is 5.08. The molecule has 0 atom stereocenters. The van der Waals surface area contributed by atoms with Gasteiger partial charge in [0.15, 0.2) is 6.29 Å². The quantitative estimate of drug-likeness (QED) is 0.481. The third-order valence-electron chi connectivity index (χ3n) is 2.30. The minimum Gasteiger partial charge on any atom is -0.455 e. The van der Waals surface area contributed by atoms with Gasteiger partial charge in [0.1, 0.15) is 11.5 Å². The maximum absolute atomic E-state index is 11.0. The summed E-state index contributed by atoms with van der Waals surface area (Å²) < 4.78 is 6.39. The third-order valence-corrected chi connectivity index (χ3v) is 3.81. The number of halogens is 4. The van der Waals surface area contributed by atoms with Crippen LogP contribution in [0.1, 0.15) is 10.4 Å².